The molecule has 0 saturated carbocycles. The van der Waals surface area contributed by atoms with E-state index < -0.39 is 12.1 Å². The molecule has 0 spiro atoms. The lowest BCUT2D eigenvalue weighted by atomic mass is 10.2. The molecule has 0 aromatic carbocycles. The molecule has 0 bridgehead atoms. The Hall–Kier alpha value is -2.38. The normalized spacial score (nSPS) is 18.0. The van der Waals surface area contributed by atoms with Crippen LogP contribution in [0, 0.1) is 0 Å². The van der Waals surface area contributed by atoms with Crippen LogP contribution in [0.4, 0.5) is 4.79 Å². The molecule has 0 aliphatic carbocycles. The number of aromatic amines is 1. The summed E-state index contributed by atoms with van der Waals surface area (Å²) in [7, 11) is 0. The van der Waals surface area contributed by atoms with Gasteiger partial charge in [0, 0.05) is 19.3 Å². The van der Waals surface area contributed by atoms with Crippen molar-refractivity contribution >= 4 is 17.8 Å². The third-order valence-corrected chi connectivity index (χ3v) is 3.23. The Balaban J connectivity index is 1.75. The van der Waals surface area contributed by atoms with Crippen molar-refractivity contribution in [3.05, 3.63) is 18.0 Å². The highest BCUT2D eigenvalue weighted by atomic mass is 16.2. The molecule has 4 amide bonds. The quantitative estimate of drug-likeness (QED) is 0.604. The predicted molar refractivity (Wildman–Crippen MR) is 74.2 cm³/mol. The third-order valence-electron chi connectivity index (χ3n) is 3.23. The summed E-state index contributed by atoms with van der Waals surface area (Å²) in [6.45, 7) is 2.73. The Bertz CT molecular complexity index is 514. The van der Waals surface area contributed by atoms with Crippen LogP contribution in [0.25, 0.3) is 0 Å². The first kappa shape index (κ1) is 15.0. The Morgan fingerprint density at radius 2 is 2.29 bits per heavy atom. The number of carbonyl (C=O) groups is 3. The van der Waals surface area contributed by atoms with Crippen LogP contribution in [0.5, 0.6) is 0 Å². The van der Waals surface area contributed by atoms with E-state index >= 15 is 0 Å². The van der Waals surface area contributed by atoms with Gasteiger partial charge < -0.3 is 10.6 Å². The minimum Gasteiger partial charge on any atom is -0.356 e. The summed E-state index contributed by atoms with van der Waals surface area (Å²) in [6, 6.07) is -1.17. The standard InChI is InChI=1S/C13H19N5O3/c1-2-5-18-12(20)10(17-13(18)21)6-11(19)14-4-3-9-7-15-16-8-9/h7-8,10H,2-6H2,1H3,(H,14,19)(H,15,16)(H,17,21). The molecule has 8 nitrogen and oxygen atoms in total. The van der Waals surface area contributed by atoms with Gasteiger partial charge >= 0.3 is 6.03 Å². The lowest BCUT2D eigenvalue weighted by Crippen LogP contribution is -2.37. The monoisotopic (exact) mass is 293 g/mol. The second-order valence-corrected chi connectivity index (χ2v) is 4.90. The number of nitrogens with one attached hydrogen (secondary N) is 3. The largest absolute Gasteiger partial charge is 0.356 e. The van der Waals surface area contributed by atoms with Crippen LogP contribution in [0.1, 0.15) is 25.3 Å². The number of hydrogen-bond donors (Lipinski definition) is 3. The van der Waals surface area contributed by atoms with E-state index in [0.717, 1.165) is 10.5 Å². The maximum absolute atomic E-state index is 12.0. The Labute approximate surface area is 122 Å². The first-order valence-corrected chi connectivity index (χ1v) is 6.98. The van der Waals surface area contributed by atoms with Crippen molar-refractivity contribution in [1.82, 2.24) is 25.7 Å². The summed E-state index contributed by atoms with van der Waals surface area (Å²) in [5.41, 5.74) is 0.995. The molecule has 0 radical (unpaired) electrons. The third kappa shape index (κ3) is 3.80. The molecule has 114 valence electrons. The highest BCUT2D eigenvalue weighted by Gasteiger charge is 2.38. The van der Waals surface area contributed by atoms with Crippen LogP contribution in [-0.4, -0.2) is 52.1 Å². The van der Waals surface area contributed by atoms with Crippen LogP contribution < -0.4 is 10.6 Å². The van der Waals surface area contributed by atoms with Crippen molar-refractivity contribution in [2.45, 2.75) is 32.2 Å². The minimum atomic E-state index is -0.752. The molecular weight excluding hydrogens is 274 g/mol. The summed E-state index contributed by atoms with van der Waals surface area (Å²) >= 11 is 0. The number of imide groups is 1. The molecular formula is C13H19N5O3. The van der Waals surface area contributed by atoms with E-state index in [4.69, 9.17) is 0 Å². The number of amides is 4. The lowest BCUT2D eigenvalue weighted by Gasteiger charge is -2.11. The number of nitrogens with zero attached hydrogens (tertiary/aromatic N) is 2. The van der Waals surface area contributed by atoms with Crippen LogP contribution in [0.15, 0.2) is 12.4 Å². The summed E-state index contributed by atoms with van der Waals surface area (Å²) in [6.07, 6.45) is 4.78. The minimum absolute atomic E-state index is 0.0316. The molecule has 2 heterocycles. The van der Waals surface area contributed by atoms with E-state index in [-0.39, 0.29) is 18.2 Å². The van der Waals surface area contributed by atoms with Gasteiger partial charge in [0.05, 0.1) is 12.6 Å². The summed E-state index contributed by atoms with van der Waals surface area (Å²) < 4.78 is 0. The summed E-state index contributed by atoms with van der Waals surface area (Å²) in [5, 5.41) is 11.8. The fourth-order valence-corrected chi connectivity index (χ4v) is 2.17. The number of H-pyrrole nitrogens is 1. The molecule has 3 N–H and O–H groups in total. The highest BCUT2D eigenvalue weighted by molar-refractivity contribution is 6.05. The van der Waals surface area contributed by atoms with E-state index in [1.54, 1.807) is 12.4 Å². The van der Waals surface area contributed by atoms with Crippen molar-refractivity contribution in [2.75, 3.05) is 13.1 Å². The van der Waals surface area contributed by atoms with Gasteiger partial charge in [0.25, 0.3) is 5.91 Å². The van der Waals surface area contributed by atoms with Gasteiger partial charge in [0.1, 0.15) is 6.04 Å². The SMILES string of the molecule is CCCN1C(=O)NC(CC(=O)NCCc2cn[nH]c2)C1=O. The van der Waals surface area contributed by atoms with E-state index in [0.29, 0.717) is 25.9 Å². The van der Waals surface area contributed by atoms with E-state index in [9.17, 15) is 14.4 Å². The number of hydrogen-bond acceptors (Lipinski definition) is 4. The van der Waals surface area contributed by atoms with E-state index in [1.165, 1.54) is 0 Å². The number of aromatic nitrogens is 2. The number of urea groups is 1. The van der Waals surface area contributed by atoms with Gasteiger partial charge in [0.2, 0.25) is 5.91 Å². The highest BCUT2D eigenvalue weighted by Crippen LogP contribution is 2.09. The van der Waals surface area contributed by atoms with Gasteiger partial charge in [-0.15, -0.1) is 0 Å². The van der Waals surface area contributed by atoms with Crippen LogP contribution in [-0.2, 0) is 16.0 Å². The predicted octanol–water partition coefficient (Wildman–Crippen LogP) is -0.211. The fraction of sp³-hybridized carbons (Fsp3) is 0.538. The molecule has 1 atom stereocenters. The van der Waals surface area contributed by atoms with Gasteiger partial charge in [-0.1, -0.05) is 6.92 Å². The fourth-order valence-electron chi connectivity index (χ4n) is 2.17. The molecule has 1 unspecified atom stereocenters. The van der Waals surface area contributed by atoms with Crippen molar-refractivity contribution in [1.29, 1.82) is 0 Å². The molecule has 21 heavy (non-hydrogen) atoms. The summed E-state index contributed by atoms with van der Waals surface area (Å²) in [4.78, 5) is 36.5. The molecule has 1 aromatic rings. The maximum Gasteiger partial charge on any atom is 0.324 e. The van der Waals surface area contributed by atoms with Crippen molar-refractivity contribution in [3.8, 4) is 0 Å². The molecule has 1 aliphatic rings. The van der Waals surface area contributed by atoms with Crippen LogP contribution >= 0.6 is 0 Å². The van der Waals surface area contributed by atoms with Gasteiger partial charge in [-0.25, -0.2) is 4.79 Å². The Kier molecular flexibility index (Phi) is 4.91. The zero-order chi connectivity index (χ0) is 15.2. The maximum atomic E-state index is 12.0. The van der Waals surface area contributed by atoms with Gasteiger partial charge in [-0.3, -0.25) is 19.6 Å². The van der Waals surface area contributed by atoms with E-state index in [2.05, 4.69) is 20.8 Å². The zero-order valence-corrected chi connectivity index (χ0v) is 11.9. The average Bonchev–Trinajstić information content (AvgIpc) is 3.04. The van der Waals surface area contributed by atoms with Gasteiger partial charge in [-0.2, -0.15) is 5.10 Å². The van der Waals surface area contributed by atoms with Crippen molar-refractivity contribution < 1.29 is 14.4 Å². The molecule has 8 heteroatoms. The molecule has 1 fully saturated rings. The van der Waals surface area contributed by atoms with Crippen LogP contribution in [0.3, 0.4) is 0 Å². The van der Waals surface area contributed by atoms with Gasteiger partial charge in [-0.05, 0) is 18.4 Å². The zero-order valence-electron chi connectivity index (χ0n) is 11.9. The molecule has 2 rings (SSSR count). The summed E-state index contributed by atoms with van der Waals surface area (Å²) in [5.74, 6) is -0.581. The van der Waals surface area contributed by atoms with Gasteiger partial charge in [0.15, 0.2) is 0 Å². The number of carbonyl (C=O) groups excluding carboxylic acids is 3. The Morgan fingerprint density at radius 3 is 2.95 bits per heavy atom. The van der Waals surface area contributed by atoms with Crippen molar-refractivity contribution in [2.24, 2.45) is 0 Å². The van der Waals surface area contributed by atoms with Crippen molar-refractivity contribution in [3.63, 3.8) is 0 Å². The topological polar surface area (TPSA) is 107 Å². The molecule has 1 aliphatic heterocycles. The second-order valence-electron chi connectivity index (χ2n) is 4.90. The Morgan fingerprint density at radius 1 is 1.48 bits per heavy atom. The average molecular weight is 293 g/mol. The lowest BCUT2D eigenvalue weighted by molar-refractivity contribution is -0.130. The first-order chi connectivity index (χ1) is 10.1. The second kappa shape index (κ2) is 6.87. The van der Waals surface area contributed by atoms with E-state index in [1.807, 2.05) is 6.92 Å². The molecule has 1 saturated heterocycles. The first-order valence-electron chi connectivity index (χ1n) is 6.98. The number of rotatable bonds is 7. The smallest absolute Gasteiger partial charge is 0.324 e. The molecule has 1 aromatic heterocycles. The van der Waals surface area contributed by atoms with Crippen LogP contribution in [0.2, 0.25) is 0 Å².